The molecule has 4 aliphatic rings. The van der Waals surface area contributed by atoms with Gasteiger partial charge in [-0.2, -0.15) is 0 Å². The molecule has 5 aromatic carbocycles. The Morgan fingerprint density at radius 1 is 0.524 bits per heavy atom. The Hall–Kier alpha value is -3.92. The van der Waals surface area contributed by atoms with Crippen molar-refractivity contribution >= 4 is 15.6 Å². The van der Waals surface area contributed by atoms with Crippen LogP contribution in [0.1, 0.15) is 38.9 Å². The monoisotopic (exact) mass is 900 g/mol. The van der Waals surface area contributed by atoms with E-state index in [2.05, 4.69) is 0 Å². The van der Waals surface area contributed by atoms with E-state index in [0.29, 0.717) is 6.42 Å². The zero-order chi connectivity index (χ0) is 43.1. The lowest BCUT2D eigenvalue weighted by Crippen LogP contribution is -2.62. The molecule has 0 bridgehead atoms. The molecule has 0 amide bonds. The summed E-state index contributed by atoms with van der Waals surface area (Å²) in [6.07, 6.45) is -8.83. The van der Waals surface area contributed by atoms with Gasteiger partial charge < -0.3 is 28.8 Å². The minimum atomic E-state index is -4.50. The van der Waals surface area contributed by atoms with Gasteiger partial charge in [-0.15, -0.1) is 0 Å². The topological polar surface area (TPSA) is 156 Å². The third kappa shape index (κ3) is 11.1. The number of rotatable bonds is 15. The molecule has 16 heteroatoms. The van der Waals surface area contributed by atoms with Gasteiger partial charge in [0.1, 0.15) is 36.6 Å². The number of benzene rings is 5. The summed E-state index contributed by atoms with van der Waals surface area (Å²) in [6, 6.07) is 43.5. The van der Waals surface area contributed by atoms with Crippen molar-refractivity contribution in [3.63, 3.8) is 0 Å². The third-order valence-electron chi connectivity index (χ3n) is 11.3. The van der Waals surface area contributed by atoms with Gasteiger partial charge in [0, 0.05) is 6.42 Å². The molecule has 1 N–H and O–H groups in total. The van der Waals surface area contributed by atoms with Gasteiger partial charge in [-0.1, -0.05) is 140 Å². The predicted octanol–water partition coefficient (Wildman–Crippen LogP) is 8.38. The van der Waals surface area contributed by atoms with E-state index in [-0.39, 0.29) is 52.9 Å². The molecule has 63 heavy (non-hydrogen) atoms. The second-order valence-electron chi connectivity index (χ2n) is 15.7. The van der Waals surface area contributed by atoms with Gasteiger partial charge in [0.25, 0.3) is 0 Å². The molecule has 2 fully saturated rings. The molecule has 4 aliphatic heterocycles. The van der Waals surface area contributed by atoms with Crippen LogP contribution in [0.4, 0.5) is 0 Å². The Kier molecular flexibility index (Phi) is 14.4. The second kappa shape index (κ2) is 20.5. The molecule has 2 saturated heterocycles. The minimum Gasteiger partial charge on any atom is -0.388 e. The number of hydrogen-bond acceptors (Lipinski definition) is 14. The molecular weight excluding hydrogens is 850 g/mol. The fourth-order valence-electron chi connectivity index (χ4n) is 7.96. The van der Waals surface area contributed by atoms with Crippen LogP contribution in [0.15, 0.2) is 140 Å². The van der Waals surface area contributed by atoms with E-state index >= 15 is 0 Å². The summed E-state index contributed by atoms with van der Waals surface area (Å²) < 4.78 is 99.4. The van der Waals surface area contributed by atoms with E-state index < -0.39 is 64.7 Å². The number of phosphoric ester groups is 2. The first-order chi connectivity index (χ1) is 30.8. The van der Waals surface area contributed by atoms with E-state index in [1.165, 1.54) is 0 Å². The fourth-order valence-corrected chi connectivity index (χ4v) is 10.6. The van der Waals surface area contributed by atoms with Gasteiger partial charge in [-0.05, 0) is 38.9 Å². The van der Waals surface area contributed by atoms with Gasteiger partial charge in [0.05, 0.1) is 59.0 Å². The van der Waals surface area contributed by atoms with Crippen LogP contribution in [0.3, 0.4) is 0 Å². The quantitative estimate of drug-likeness (QED) is 0.100. The van der Waals surface area contributed by atoms with E-state index in [0.717, 1.165) is 38.9 Å². The Morgan fingerprint density at radius 2 is 0.984 bits per heavy atom. The lowest BCUT2D eigenvalue weighted by atomic mass is 9.98. The van der Waals surface area contributed by atoms with Gasteiger partial charge in [0.15, 0.2) is 6.29 Å². The summed E-state index contributed by atoms with van der Waals surface area (Å²) in [7, 11) is -8.96. The van der Waals surface area contributed by atoms with Crippen molar-refractivity contribution in [3.05, 3.63) is 178 Å². The Labute approximate surface area is 366 Å². The van der Waals surface area contributed by atoms with E-state index in [9.17, 15) is 14.2 Å². The normalized spacial score (nSPS) is 27.7. The lowest BCUT2D eigenvalue weighted by Gasteiger charge is -2.47. The number of aliphatic hydroxyl groups is 1. The standard InChI is InChI=1S/C47H50O14P2/c48-40-31-52-41(24-33-14-4-1-5-15-33)43(40)59-47-46(53-26-35-18-8-3-9-19-35)45(61-63(50)56-29-38-22-12-13-23-39(38)30-57-63)44(42(58-47)32-51-25-34-16-6-2-7-17-34)60-62(49)54-27-36-20-10-11-21-37(36)28-55-62/h1-23,40-48H,24-32H2/t40-,41+,42+,43-,44+,45-,46+,47+/m0/s1. The van der Waals surface area contributed by atoms with Crippen LogP contribution in [-0.2, 0) is 106 Å². The van der Waals surface area contributed by atoms with E-state index in [1.54, 1.807) is 0 Å². The summed E-state index contributed by atoms with van der Waals surface area (Å²) in [6.45, 7) is -0.300. The molecule has 14 nitrogen and oxygen atoms in total. The first-order valence-corrected chi connectivity index (χ1v) is 23.9. The summed E-state index contributed by atoms with van der Waals surface area (Å²) in [5.41, 5.74) is 5.75. The molecule has 0 aliphatic carbocycles. The van der Waals surface area contributed by atoms with Crippen molar-refractivity contribution in [2.45, 2.75) is 95.1 Å². The van der Waals surface area contributed by atoms with Crippen molar-refractivity contribution in [3.8, 4) is 0 Å². The Morgan fingerprint density at radius 3 is 1.51 bits per heavy atom. The third-order valence-corrected chi connectivity index (χ3v) is 14.1. The molecule has 332 valence electrons. The van der Waals surface area contributed by atoms with Gasteiger partial charge in [-0.3, -0.25) is 27.1 Å². The second-order valence-corrected chi connectivity index (χ2v) is 18.9. The molecule has 4 heterocycles. The predicted molar refractivity (Wildman–Crippen MR) is 228 cm³/mol. The van der Waals surface area contributed by atoms with Gasteiger partial charge in [0.2, 0.25) is 0 Å². The van der Waals surface area contributed by atoms with Crippen molar-refractivity contribution in [2.75, 3.05) is 13.2 Å². The number of phosphoric acid groups is 2. The fraction of sp³-hybridized carbons (Fsp3) is 0.362. The molecular formula is C47H50O14P2. The molecule has 0 aromatic heterocycles. The zero-order valence-electron chi connectivity index (χ0n) is 34.4. The average molecular weight is 901 g/mol. The highest BCUT2D eigenvalue weighted by atomic mass is 31.2. The number of ether oxygens (including phenoxy) is 5. The van der Waals surface area contributed by atoms with Crippen LogP contribution in [0.5, 0.6) is 0 Å². The Balaban J connectivity index is 1.09. The molecule has 0 saturated carbocycles. The molecule has 5 aromatic rings. The first kappa shape index (κ1) is 44.3. The lowest BCUT2D eigenvalue weighted by molar-refractivity contribution is -0.324. The van der Waals surface area contributed by atoms with Crippen molar-refractivity contribution in [1.29, 1.82) is 0 Å². The highest BCUT2D eigenvalue weighted by Gasteiger charge is 2.56. The van der Waals surface area contributed by atoms with E-state index in [4.69, 9.17) is 50.8 Å². The molecule has 0 spiro atoms. The maximum Gasteiger partial charge on any atom is 0.475 e. The average Bonchev–Trinajstić information content (AvgIpc) is 3.44. The highest BCUT2D eigenvalue weighted by molar-refractivity contribution is 7.48. The van der Waals surface area contributed by atoms with Crippen molar-refractivity contribution < 1.29 is 65.1 Å². The maximum absolute atomic E-state index is 14.9. The number of aliphatic hydroxyl groups excluding tert-OH is 1. The van der Waals surface area contributed by atoms with Crippen LogP contribution in [-0.4, -0.2) is 67.3 Å². The van der Waals surface area contributed by atoms with Crippen LogP contribution in [0.2, 0.25) is 0 Å². The van der Waals surface area contributed by atoms with E-state index in [1.807, 2.05) is 140 Å². The maximum atomic E-state index is 14.9. The van der Waals surface area contributed by atoms with Gasteiger partial charge in [-0.25, -0.2) is 9.13 Å². The first-order valence-electron chi connectivity index (χ1n) is 21.0. The van der Waals surface area contributed by atoms with Gasteiger partial charge >= 0.3 is 15.6 Å². The zero-order valence-corrected chi connectivity index (χ0v) is 36.2. The number of hydrogen-bond donors (Lipinski definition) is 1. The van der Waals surface area contributed by atoms with Crippen molar-refractivity contribution in [2.24, 2.45) is 0 Å². The smallest absolute Gasteiger partial charge is 0.388 e. The number of fused-ring (bicyclic) bond motifs is 2. The largest absolute Gasteiger partial charge is 0.475 e. The van der Waals surface area contributed by atoms with Crippen LogP contribution >= 0.6 is 15.6 Å². The summed E-state index contributed by atoms with van der Waals surface area (Å²) in [5.74, 6) is 0. The van der Waals surface area contributed by atoms with Crippen LogP contribution in [0.25, 0.3) is 0 Å². The van der Waals surface area contributed by atoms with Crippen LogP contribution < -0.4 is 0 Å². The molecule has 8 atom stereocenters. The molecule has 9 rings (SSSR count). The highest BCUT2D eigenvalue weighted by Crippen LogP contribution is 2.59. The summed E-state index contributed by atoms with van der Waals surface area (Å²) in [5, 5.41) is 11.4. The van der Waals surface area contributed by atoms with Crippen LogP contribution in [0, 0.1) is 0 Å². The molecule has 0 unspecified atom stereocenters. The SMILES string of the molecule is O=P1(O[C@@H]2[C@@H](OCc3ccccc3)[C@@H](O[C@H]3[C@@H](O)CO[C@@H]3Cc3ccccc3)O[C@H](COCc3ccccc3)[C@H]2OP2(=O)OCc3ccccc3CO2)OCc2ccccc2CO1. The molecule has 0 radical (unpaired) electrons. The summed E-state index contributed by atoms with van der Waals surface area (Å²) in [4.78, 5) is 0. The summed E-state index contributed by atoms with van der Waals surface area (Å²) >= 11 is 0. The Bertz CT molecular complexity index is 2280. The minimum absolute atomic E-state index is 0.00503. The van der Waals surface area contributed by atoms with Crippen molar-refractivity contribution in [1.82, 2.24) is 0 Å².